The summed E-state index contributed by atoms with van der Waals surface area (Å²) in [6.45, 7) is 9.03. The van der Waals surface area contributed by atoms with Crippen molar-refractivity contribution in [3.63, 3.8) is 0 Å². The second kappa shape index (κ2) is 3.23. The number of fused-ring (bicyclic) bond motifs is 1. The Labute approximate surface area is 86.2 Å². The van der Waals surface area contributed by atoms with Gasteiger partial charge in [-0.25, -0.2) is 0 Å². The molecular weight excluding hydrogens is 167 g/mol. The molecule has 0 aliphatic rings. The van der Waals surface area contributed by atoms with E-state index in [0.717, 1.165) is 0 Å². The van der Waals surface area contributed by atoms with E-state index in [0.29, 0.717) is 0 Å². The molecule has 0 saturated carbocycles. The monoisotopic (exact) mass is 182 g/mol. The second-order valence-electron chi connectivity index (χ2n) is 4.81. The predicted octanol–water partition coefficient (Wildman–Crippen LogP) is 3.48. The maximum atomic E-state index is 2.29. The van der Waals surface area contributed by atoms with E-state index in [1.54, 1.807) is 0 Å². The summed E-state index contributed by atoms with van der Waals surface area (Å²) in [6.07, 6.45) is 0. The molecule has 1 heteroatoms. The third kappa shape index (κ3) is 1.72. The van der Waals surface area contributed by atoms with E-state index >= 15 is 0 Å². The molecule has 0 N–H and O–H groups in total. The fraction of sp³-hybridized carbons (Fsp3) is 0.308. The van der Waals surface area contributed by atoms with E-state index < -0.39 is 0 Å². The van der Waals surface area contributed by atoms with Gasteiger partial charge in [-0.2, -0.15) is 0 Å². The van der Waals surface area contributed by atoms with Gasteiger partial charge < -0.3 is 0 Å². The number of rotatable bonds is 0. The minimum atomic E-state index is 0.240. The molecule has 0 fully saturated rings. The Bertz CT molecular complexity index is 452. The fourth-order valence-corrected chi connectivity index (χ4v) is 1.66. The number of hydrogen-bond acceptors (Lipinski definition) is 0. The van der Waals surface area contributed by atoms with Gasteiger partial charge in [-0.1, -0.05) is 0 Å². The number of benzene rings is 1. The van der Waals surface area contributed by atoms with Crippen LogP contribution in [0, 0.1) is 0 Å². The second-order valence-corrected chi connectivity index (χ2v) is 4.81. The molecule has 0 saturated heterocycles. The third-order valence-corrected chi connectivity index (χ3v) is 2.62. The summed E-state index contributed by atoms with van der Waals surface area (Å²) in [6, 6.07) is 12.9. The van der Waals surface area contributed by atoms with Crippen molar-refractivity contribution in [2.75, 3.05) is 0 Å². The molecule has 0 aliphatic carbocycles. The van der Waals surface area contributed by atoms with Crippen LogP contribution < -0.4 is 0 Å². The van der Waals surface area contributed by atoms with Gasteiger partial charge in [0.05, 0.1) is 0 Å². The SMILES string of the molecule is CC(C)(C)c1bc2ccccc2cc1. The summed E-state index contributed by atoms with van der Waals surface area (Å²) in [5.41, 5.74) is 1.64. The summed E-state index contributed by atoms with van der Waals surface area (Å²) in [5.74, 6) is 0. The zero-order valence-corrected chi connectivity index (χ0v) is 9.04. The Balaban J connectivity index is 2.63. The van der Waals surface area contributed by atoms with Crippen molar-refractivity contribution < 1.29 is 0 Å². The van der Waals surface area contributed by atoms with Crippen LogP contribution in [0.15, 0.2) is 36.4 Å². The van der Waals surface area contributed by atoms with Gasteiger partial charge in [-0.05, 0) is 0 Å². The van der Waals surface area contributed by atoms with Gasteiger partial charge in [-0.15, -0.1) is 0 Å². The van der Waals surface area contributed by atoms with Crippen LogP contribution >= 0.6 is 0 Å². The molecule has 0 radical (unpaired) electrons. The van der Waals surface area contributed by atoms with Gasteiger partial charge in [0.2, 0.25) is 0 Å². The zero-order chi connectivity index (χ0) is 10.2. The molecule has 1 heterocycles. The summed E-state index contributed by atoms with van der Waals surface area (Å²) in [7, 11) is 0. The van der Waals surface area contributed by atoms with E-state index in [1.807, 2.05) is 0 Å². The quantitative estimate of drug-likeness (QED) is 0.585. The van der Waals surface area contributed by atoms with E-state index in [2.05, 4.69) is 64.1 Å². The summed E-state index contributed by atoms with van der Waals surface area (Å²) < 4.78 is 0. The van der Waals surface area contributed by atoms with Crippen molar-refractivity contribution in [1.29, 1.82) is 0 Å². The van der Waals surface area contributed by atoms with Crippen LogP contribution in [0.4, 0.5) is 0 Å². The standard InChI is InChI=1S/C13H15B/c1-13(2,3)12-9-8-10-6-4-5-7-11(10)14-12/h4-9H,1-3H3. The van der Waals surface area contributed by atoms with E-state index in [9.17, 15) is 0 Å². The molecule has 0 amide bonds. The minimum absolute atomic E-state index is 0.240. The molecule has 0 nitrogen and oxygen atoms in total. The van der Waals surface area contributed by atoms with Crippen molar-refractivity contribution >= 4 is 17.6 Å². The van der Waals surface area contributed by atoms with Crippen LogP contribution in [0.5, 0.6) is 0 Å². The molecule has 0 bridgehead atoms. The average Bonchev–Trinajstić information content (AvgIpc) is 2.16. The molecule has 2 rings (SSSR count). The Morgan fingerprint density at radius 2 is 1.64 bits per heavy atom. The molecule has 0 aliphatic heterocycles. The van der Waals surface area contributed by atoms with Crippen LogP contribution in [0.1, 0.15) is 26.2 Å². The first-order valence-electron chi connectivity index (χ1n) is 5.07. The molecule has 1 aromatic carbocycles. The number of hydrogen-bond donors (Lipinski definition) is 0. The Morgan fingerprint density at radius 1 is 0.929 bits per heavy atom. The van der Waals surface area contributed by atoms with E-state index in [-0.39, 0.29) is 5.41 Å². The van der Waals surface area contributed by atoms with Crippen molar-refractivity contribution in [1.82, 2.24) is 0 Å². The Hall–Kier alpha value is -1.11. The topological polar surface area (TPSA) is 0 Å². The summed E-state index contributed by atoms with van der Waals surface area (Å²) >= 11 is 0. The van der Waals surface area contributed by atoms with Crippen LogP contribution in [0.25, 0.3) is 10.7 Å². The Morgan fingerprint density at radius 3 is 2.36 bits per heavy atom. The molecule has 0 spiro atoms. The van der Waals surface area contributed by atoms with Gasteiger partial charge in [0, 0.05) is 0 Å². The van der Waals surface area contributed by atoms with E-state index in [4.69, 9.17) is 0 Å². The van der Waals surface area contributed by atoms with E-state index in [1.165, 1.54) is 16.1 Å². The van der Waals surface area contributed by atoms with Crippen LogP contribution in [-0.4, -0.2) is 6.91 Å². The first-order chi connectivity index (χ1) is 6.57. The molecule has 1 aromatic heterocycles. The van der Waals surface area contributed by atoms with Gasteiger partial charge in [0.1, 0.15) is 0 Å². The first-order valence-corrected chi connectivity index (χ1v) is 5.07. The third-order valence-electron chi connectivity index (χ3n) is 2.62. The first kappa shape index (κ1) is 9.45. The predicted molar refractivity (Wildman–Crippen MR) is 64.0 cm³/mol. The van der Waals surface area contributed by atoms with Crippen LogP contribution in [0.3, 0.4) is 0 Å². The van der Waals surface area contributed by atoms with Gasteiger partial charge in [0.15, 0.2) is 0 Å². The van der Waals surface area contributed by atoms with Crippen molar-refractivity contribution in [2.45, 2.75) is 26.2 Å². The summed E-state index contributed by atoms with van der Waals surface area (Å²) in [4.78, 5) is 0. The van der Waals surface area contributed by atoms with Gasteiger partial charge in [-0.3, -0.25) is 0 Å². The van der Waals surface area contributed by atoms with Crippen molar-refractivity contribution in [2.24, 2.45) is 0 Å². The normalized spacial score (nSPS) is 11.6. The van der Waals surface area contributed by atoms with Gasteiger partial charge >= 0.3 is 85.6 Å². The molecule has 0 atom stereocenters. The molecular formula is C13H15B. The zero-order valence-electron chi connectivity index (χ0n) is 9.04. The van der Waals surface area contributed by atoms with Crippen LogP contribution in [0.2, 0.25) is 0 Å². The fourth-order valence-electron chi connectivity index (χ4n) is 1.66. The van der Waals surface area contributed by atoms with Gasteiger partial charge in [0.25, 0.3) is 0 Å². The van der Waals surface area contributed by atoms with Crippen molar-refractivity contribution in [3.05, 3.63) is 41.9 Å². The Kier molecular flexibility index (Phi) is 2.18. The van der Waals surface area contributed by atoms with Crippen molar-refractivity contribution in [3.8, 4) is 0 Å². The summed E-state index contributed by atoms with van der Waals surface area (Å²) in [5, 5.41) is 2.65. The average molecular weight is 182 g/mol. The molecule has 2 aromatic rings. The molecule has 0 unspecified atom stereocenters. The van der Waals surface area contributed by atoms with Crippen LogP contribution in [-0.2, 0) is 5.41 Å². The molecule has 70 valence electrons. The maximum absolute atomic E-state index is 2.29. The molecule has 14 heavy (non-hydrogen) atoms.